The number of carbonyl (C=O) groups is 1. The molecule has 2 amide bonds. The number of nitrogens with one attached hydrogen (secondary N) is 2. The second kappa shape index (κ2) is 9.20. The highest BCUT2D eigenvalue weighted by Gasteiger charge is 2.21. The first kappa shape index (κ1) is 21.5. The summed E-state index contributed by atoms with van der Waals surface area (Å²) in [7, 11) is 0. The van der Waals surface area contributed by atoms with Crippen LogP contribution in [0.3, 0.4) is 0 Å². The number of urea groups is 1. The van der Waals surface area contributed by atoms with Crippen LogP contribution < -0.4 is 15.4 Å². The number of aromatic nitrogens is 1. The minimum atomic E-state index is -0.892. The number of anilines is 2. The fourth-order valence-electron chi connectivity index (χ4n) is 3.33. The molecule has 3 aromatic carbocycles. The Morgan fingerprint density at radius 1 is 1.03 bits per heavy atom. The van der Waals surface area contributed by atoms with Crippen LogP contribution in [0.25, 0.3) is 22.0 Å². The first-order valence-corrected chi connectivity index (χ1v) is 10.2. The van der Waals surface area contributed by atoms with Crippen LogP contribution in [0, 0.1) is 11.6 Å². The second-order valence-corrected chi connectivity index (χ2v) is 7.27. The number of benzene rings is 3. The monoisotopic (exact) mass is 453 g/mol. The zero-order chi connectivity index (χ0) is 22.7. The van der Waals surface area contributed by atoms with Gasteiger partial charge < -0.3 is 15.4 Å². The Bertz CT molecular complexity index is 1300. The molecule has 0 saturated heterocycles. The summed E-state index contributed by atoms with van der Waals surface area (Å²) in [6.45, 7) is 2.11. The van der Waals surface area contributed by atoms with Crippen molar-refractivity contribution in [3.05, 3.63) is 83.4 Å². The Morgan fingerprint density at radius 2 is 1.81 bits per heavy atom. The molecule has 0 unspecified atom stereocenters. The molecule has 0 saturated carbocycles. The SMILES string of the molecule is CCOc1nc2ccc(Cl)cc2c(-c2ccccc2)c1NC(=O)Nc1ccc(F)cc1F. The number of pyridine rings is 1. The van der Waals surface area contributed by atoms with E-state index in [1.807, 2.05) is 30.3 Å². The van der Waals surface area contributed by atoms with E-state index in [0.29, 0.717) is 39.8 Å². The summed E-state index contributed by atoms with van der Waals surface area (Å²) in [6, 6.07) is 16.8. The van der Waals surface area contributed by atoms with Crippen LogP contribution in [0.5, 0.6) is 5.88 Å². The van der Waals surface area contributed by atoms with Crippen LogP contribution >= 0.6 is 11.6 Å². The van der Waals surface area contributed by atoms with Gasteiger partial charge in [-0.05, 0) is 42.8 Å². The lowest BCUT2D eigenvalue weighted by Gasteiger charge is -2.18. The Morgan fingerprint density at radius 3 is 2.53 bits per heavy atom. The third-order valence-electron chi connectivity index (χ3n) is 4.68. The largest absolute Gasteiger partial charge is 0.476 e. The predicted octanol–water partition coefficient (Wildman–Crippen LogP) is 6.88. The van der Waals surface area contributed by atoms with Gasteiger partial charge in [0.2, 0.25) is 5.88 Å². The van der Waals surface area contributed by atoms with Gasteiger partial charge in [-0.1, -0.05) is 41.9 Å². The van der Waals surface area contributed by atoms with Crippen LogP contribution in [0.1, 0.15) is 6.92 Å². The molecule has 0 aliphatic heterocycles. The van der Waals surface area contributed by atoms with Crippen molar-refractivity contribution in [1.29, 1.82) is 0 Å². The van der Waals surface area contributed by atoms with Gasteiger partial charge in [0.1, 0.15) is 17.3 Å². The molecule has 0 fully saturated rings. The van der Waals surface area contributed by atoms with E-state index in [4.69, 9.17) is 16.3 Å². The van der Waals surface area contributed by atoms with Crippen molar-refractivity contribution in [3.8, 4) is 17.0 Å². The third-order valence-corrected chi connectivity index (χ3v) is 4.91. The Balaban J connectivity index is 1.84. The molecule has 2 N–H and O–H groups in total. The molecule has 8 heteroatoms. The van der Waals surface area contributed by atoms with Crippen LogP contribution in [-0.2, 0) is 0 Å². The summed E-state index contributed by atoms with van der Waals surface area (Å²) in [5, 5.41) is 6.32. The van der Waals surface area contributed by atoms with E-state index in [-0.39, 0.29) is 11.6 Å². The zero-order valence-electron chi connectivity index (χ0n) is 17.0. The van der Waals surface area contributed by atoms with E-state index in [1.165, 1.54) is 0 Å². The van der Waals surface area contributed by atoms with E-state index >= 15 is 0 Å². The molecular weight excluding hydrogens is 436 g/mol. The fourth-order valence-corrected chi connectivity index (χ4v) is 3.50. The molecule has 4 rings (SSSR count). The molecule has 0 bridgehead atoms. The number of fused-ring (bicyclic) bond motifs is 1. The molecule has 1 aromatic heterocycles. The smallest absolute Gasteiger partial charge is 0.323 e. The van der Waals surface area contributed by atoms with E-state index in [1.54, 1.807) is 25.1 Å². The highest BCUT2D eigenvalue weighted by atomic mass is 35.5. The van der Waals surface area contributed by atoms with Gasteiger partial charge in [0.05, 0.1) is 17.8 Å². The van der Waals surface area contributed by atoms with Crippen molar-refractivity contribution in [2.24, 2.45) is 0 Å². The number of nitrogens with zero attached hydrogens (tertiary/aromatic N) is 1. The second-order valence-electron chi connectivity index (χ2n) is 6.83. The average molecular weight is 454 g/mol. The lowest BCUT2D eigenvalue weighted by atomic mass is 9.99. The molecule has 32 heavy (non-hydrogen) atoms. The predicted molar refractivity (Wildman–Crippen MR) is 122 cm³/mol. The maximum Gasteiger partial charge on any atom is 0.323 e. The summed E-state index contributed by atoms with van der Waals surface area (Å²) in [5.74, 6) is -1.43. The summed E-state index contributed by atoms with van der Waals surface area (Å²) >= 11 is 6.24. The van der Waals surface area contributed by atoms with Gasteiger partial charge in [-0.3, -0.25) is 0 Å². The van der Waals surface area contributed by atoms with Crippen LogP contribution in [0.2, 0.25) is 5.02 Å². The first-order valence-electron chi connectivity index (χ1n) is 9.80. The average Bonchev–Trinajstić information content (AvgIpc) is 2.77. The number of hydrogen-bond acceptors (Lipinski definition) is 3. The molecule has 0 spiro atoms. The van der Waals surface area contributed by atoms with E-state index < -0.39 is 17.7 Å². The molecule has 5 nitrogen and oxygen atoms in total. The summed E-state index contributed by atoms with van der Waals surface area (Å²) in [6.07, 6.45) is 0. The standard InChI is InChI=1S/C24H18ClF2N3O2/c1-2-32-23-22(30-24(31)29-20-11-9-16(26)13-18(20)27)21(14-6-4-3-5-7-14)17-12-15(25)8-10-19(17)28-23/h3-13H,2H2,1H3,(H2,29,30,31). The molecule has 0 atom stereocenters. The van der Waals surface area contributed by atoms with Crippen molar-refractivity contribution in [1.82, 2.24) is 4.98 Å². The number of amides is 2. The maximum atomic E-state index is 14.0. The van der Waals surface area contributed by atoms with Crippen molar-refractivity contribution in [2.45, 2.75) is 6.92 Å². The third kappa shape index (κ3) is 4.48. The molecular formula is C24H18ClF2N3O2. The van der Waals surface area contributed by atoms with Gasteiger partial charge >= 0.3 is 6.03 Å². The van der Waals surface area contributed by atoms with Gasteiger partial charge in [0.15, 0.2) is 0 Å². The Kier molecular flexibility index (Phi) is 6.18. The van der Waals surface area contributed by atoms with Crippen molar-refractivity contribution >= 4 is 39.9 Å². The molecule has 1 heterocycles. The van der Waals surface area contributed by atoms with Crippen LogP contribution in [-0.4, -0.2) is 17.6 Å². The lowest BCUT2D eigenvalue weighted by Crippen LogP contribution is -2.21. The van der Waals surface area contributed by atoms with E-state index in [2.05, 4.69) is 15.6 Å². The Labute approximate surface area is 188 Å². The number of ether oxygens (including phenoxy) is 1. The molecule has 0 radical (unpaired) electrons. The van der Waals surface area contributed by atoms with E-state index in [0.717, 1.165) is 17.7 Å². The number of halogens is 3. The maximum absolute atomic E-state index is 14.0. The highest BCUT2D eigenvalue weighted by Crippen LogP contribution is 2.41. The van der Waals surface area contributed by atoms with Crippen molar-refractivity contribution in [2.75, 3.05) is 17.2 Å². The number of rotatable bonds is 5. The lowest BCUT2D eigenvalue weighted by molar-refractivity contribution is 0.261. The highest BCUT2D eigenvalue weighted by molar-refractivity contribution is 6.31. The number of hydrogen-bond donors (Lipinski definition) is 2. The first-order chi connectivity index (χ1) is 15.5. The van der Waals surface area contributed by atoms with Crippen molar-refractivity contribution in [3.63, 3.8) is 0 Å². The molecule has 0 aliphatic carbocycles. The minimum absolute atomic E-state index is 0.167. The number of carbonyl (C=O) groups excluding carboxylic acids is 1. The van der Waals surface area contributed by atoms with E-state index in [9.17, 15) is 13.6 Å². The van der Waals surface area contributed by atoms with Gasteiger partial charge in [0.25, 0.3) is 0 Å². The summed E-state index contributed by atoms with van der Waals surface area (Å²) in [5.41, 5.74) is 2.21. The fraction of sp³-hybridized carbons (Fsp3) is 0.0833. The Hall–Kier alpha value is -3.71. The van der Waals surface area contributed by atoms with Gasteiger partial charge in [0, 0.05) is 22.0 Å². The quantitative estimate of drug-likeness (QED) is 0.346. The summed E-state index contributed by atoms with van der Waals surface area (Å²) in [4.78, 5) is 17.3. The molecule has 162 valence electrons. The normalized spacial score (nSPS) is 10.8. The zero-order valence-corrected chi connectivity index (χ0v) is 17.7. The molecule has 4 aromatic rings. The molecule has 0 aliphatic rings. The minimum Gasteiger partial charge on any atom is -0.476 e. The van der Waals surface area contributed by atoms with Gasteiger partial charge in [-0.25, -0.2) is 18.6 Å². The van der Waals surface area contributed by atoms with Gasteiger partial charge in [-0.15, -0.1) is 0 Å². The van der Waals surface area contributed by atoms with Crippen LogP contribution in [0.4, 0.5) is 25.0 Å². The van der Waals surface area contributed by atoms with Gasteiger partial charge in [-0.2, -0.15) is 0 Å². The van der Waals surface area contributed by atoms with Crippen LogP contribution in [0.15, 0.2) is 66.7 Å². The summed E-state index contributed by atoms with van der Waals surface area (Å²) < 4.78 is 32.9. The topological polar surface area (TPSA) is 63.2 Å². The van der Waals surface area contributed by atoms with Crippen molar-refractivity contribution < 1.29 is 18.3 Å².